The predicted molar refractivity (Wildman–Crippen MR) is 76.0 cm³/mol. The van der Waals surface area contributed by atoms with Crippen molar-refractivity contribution in [2.24, 2.45) is 7.05 Å². The molecule has 0 bridgehead atoms. The summed E-state index contributed by atoms with van der Waals surface area (Å²) in [5.41, 5.74) is 2.02. The van der Waals surface area contributed by atoms with E-state index in [1.807, 2.05) is 22.5 Å². The lowest BCUT2D eigenvalue weighted by atomic mass is 10.3. The number of hydrogen-bond donors (Lipinski definition) is 1. The summed E-state index contributed by atoms with van der Waals surface area (Å²) in [4.78, 5) is 4.28. The van der Waals surface area contributed by atoms with E-state index in [4.69, 9.17) is 11.6 Å². The van der Waals surface area contributed by atoms with Crippen molar-refractivity contribution in [3.63, 3.8) is 0 Å². The molecule has 0 aliphatic heterocycles. The minimum absolute atomic E-state index is 0.701. The molecule has 19 heavy (non-hydrogen) atoms. The minimum Gasteiger partial charge on any atom is -0.337 e. The fourth-order valence-corrected chi connectivity index (χ4v) is 2.38. The summed E-state index contributed by atoms with van der Waals surface area (Å²) in [6.45, 7) is 6.40. The normalized spacial score (nSPS) is 11.2. The van der Waals surface area contributed by atoms with Gasteiger partial charge in [-0.05, 0) is 13.3 Å². The van der Waals surface area contributed by atoms with Gasteiger partial charge in [-0.25, -0.2) is 4.98 Å². The maximum Gasteiger partial charge on any atom is 0.122 e. The summed E-state index contributed by atoms with van der Waals surface area (Å²) in [5.74, 6) is 1.01. The summed E-state index contributed by atoms with van der Waals surface area (Å²) >= 11 is 6.36. The number of aryl methyl sites for hydroxylation is 3. The van der Waals surface area contributed by atoms with Gasteiger partial charge in [0.05, 0.1) is 23.0 Å². The van der Waals surface area contributed by atoms with Crippen LogP contribution in [0.15, 0.2) is 12.4 Å². The van der Waals surface area contributed by atoms with E-state index in [1.54, 1.807) is 6.20 Å². The lowest BCUT2D eigenvalue weighted by Gasteiger charge is -2.07. The Balaban J connectivity index is 2.03. The molecule has 0 saturated carbocycles. The monoisotopic (exact) mass is 281 g/mol. The lowest BCUT2D eigenvalue weighted by molar-refractivity contribution is 0.566. The minimum atomic E-state index is 0.701. The van der Waals surface area contributed by atoms with Gasteiger partial charge in [-0.15, -0.1) is 0 Å². The number of halogens is 1. The molecule has 0 aromatic carbocycles. The highest BCUT2D eigenvalue weighted by molar-refractivity contribution is 6.31. The van der Waals surface area contributed by atoms with Crippen LogP contribution in [0.1, 0.15) is 31.1 Å². The van der Waals surface area contributed by atoms with Crippen LogP contribution in [-0.2, 0) is 33.1 Å². The SMILES string of the molecule is CCc1nn(CC)c(CNCc2nccn2C)c1Cl. The molecule has 0 amide bonds. The Morgan fingerprint density at radius 3 is 2.68 bits per heavy atom. The van der Waals surface area contributed by atoms with Gasteiger partial charge in [0.25, 0.3) is 0 Å². The average molecular weight is 282 g/mol. The molecule has 0 saturated heterocycles. The second-order valence-electron chi connectivity index (χ2n) is 4.43. The maximum atomic E-state index is 6.36. The average Bonchev–Trinajstić information content (AvgIpc) is 2.95. The molecule has 2 rings (SSSR count). The molecule has 0 fully saturated rings. The van der Waals surface area contributed by atoms with Crippen LogP contribution >= 0.6 is 11.6 Å². The summed E-state index contributed by atoms with van der Waals surface area (Å²) in [6.07, 6.45) is 4.60. The van der Waals surface area contributed by atoms with E-state index in [9.17, 15) is 0 Å². The molecule has 0 spiro atoms. The number of rotatable bonds is 6. The van der Waals surface area contributed by atoms with Gasteiger partial charge in [-0.3, -0.25) is 4.68 Å². The van der Waals surface area contributed by atoms with Gasteiger partial charge in [-0.1, -0.05) is 18.5 Å². The molecule has 0 atom stereocenters. The van der Waals surface area contributed by atoms with Crippen molar-refractivity contribution in [3.8, 4) is 0 Å². The van der Waals surface area contributed by atoms with Gasteiger partial charge in [0.2, 0.25) is 0 Å². The van der Waals surface area contributed by atoms with Crippen molar-refractivity contribution in [1.82, 2.24) is 24.6 Å². The van der Waals surface area contributed by atoms with Crippen molar-refractivity contribution < 1.29 is 0 Å². The topological polar surface area (TPSA) is 47.7 Å². The van der Waals surface area contributed by atoms with E-state index in [1.165, 1.54) is 0 Å². The maximum absolute atomic E-state index is 6.36. The lowest BCUT2D eigenvalue weighted by Crippen LogP contribution is -2.18. The molecule has 0 radical (unpaired) electrons. The van der Waals surface area contributed by atoms with Crippen LogP contribution in [-0.4, -0.2) is 19.3 Å². The largest absolute Gasteiger partial charge is 0.337 e. The number of imidazole rings is 1. The Morgan fingerprint density at radius 1 is 1.32 bits per heavy atom. The first-order valence-corrected chi connectivity index (χ1v) is 6.96. The molecule has 0 aliphatic carbocycles. The van der Waals surface area contributed by atoms with E-state index in [0.29, 0.717) is 6.54 Å². The van der Waals surface area contributed by atoms with Crippen LogP contribution in [0.4, 0.5) is 0 Å². The van der Waals surface area contributed by atoms with Crippen molar-refractivity contribution in [3.05, 3.63) is 34.6 Å². The zero-order chi connectivity index (χ0) is 13.8. The molecule has 0 aliphatic rings. The summed E-state index contributed by atoms with van der Waals surface area (Å²) < 4.78 is 3.97. The summed E-state index contributed by atoms with van der Waals surface area (Å²) in [5, 5.41) is 8.66. The van der Waals surface area contributed by atoms with Crippen molar-refractivity contribution in [2.45, 2.75) is 39.9 Å². The second-order valence-corrected chi connectivity index (χ2v) is 4.81. The molecule has 6 heteroatoms. The summed E-state index contributed by atoms with van der Waals surface area (Å²) in [7, 11) is 1.99. The Bertz CT molecular complexity index is 543. The van der Waals surface area contributed by atoms with Crippen LogP contribution in [0, 0.1) is 0 Å². The smallest absolute Gasteiger partial charge is 0.122 e. The number of nitrogens with zero attached hydrogens (tertiary/aromatic N) is 4. The van der Waals surface area contributed by atoms with E-state index < -0.39 is 0 Å². The molecule has 2 aromatic rings. The van der Waals surface area contributed by atoms with Crippen LogP contribution in [0.3, 0.4) is 0 Å². The molecule has 5 nitrogen and oxygen atoms in total. The molecule has 104 valence electrons. The first kappa shape index (κ1) is 14.1. The highest BCUT2D eigenvalue weighted by Crippen LogP contribution is 2.21. The van der Waals surface area contributed by atoms with Gasteiger partial charge in [-0.2, -0.15) is 5.10 Å². The van der Waals surface area contributed by atoms with Crippen LogP contribution in [0.5, 0.6) is 0 Å². The number of hydrogen-bond acceptors (Lipinski definition) is 3. The first-order valence-electron chi connectivity index (χ1n) is 6.58. The third kappa shape index (κ3) is 2.98. The first-order chi connectivity index (χ1) is 9.17. The van der Waals surface area contributed by atoms with E-state index in [0.717, 1.165) is 41.7 Å². The van der Waals surface area contributed by atoms with Gasteiger partial charge in [0, 0.05) is 32.5 Å². The Labute approximate surface area is 118 Å². The molecule has 1 N–H and O–H groups in total. The second kappa shape index (κ2) is 6.21. The molecule has 2 heterocycles. The quantitative estimate of drug-likeness (QED) is 0.882. The third-order valence-electron chi connectivity index (χ3n) is 3.19. The van der Waals surface area contributed by atoms with Gasteiger partial charge in [0.15, 0.2) is 0 Å². The Morgan fingerprint density at radius 2 is 2.11 bits per heavy atom. The van der Waals surface area contributed by atoms with E-state index in [-0.39, 0.29) is 0 Å². The van der Waals surface area contributed by atoms with E-state index >= 15 is 0 Å². The molecule has 0 unspecified atom stereocenters. The summed E-state index contributed by atoms with van der Waals surface area (Å²) in [6, 6.07) is 0. The Kier molecular flexibility index (Phi) is 4.61. The number of aromatic nitrogens is 4. The molecular weight excluding hydrogens is 262 g/mol. The molecular formula is C13H20ClN5. The fourth-order valence-electron chi connectivity index (χ4n) is 2.05. The van der Waals surface area contributed by atoms with Crippen molar-refractivity contribution in [2.75, 3.05) is 0 Å². The van der Waals surface area contributed by atoms with Crippen molar-refractivity contribution in [1.29, 1.82) is 0 Å². The fraction of sp³-hybridized carbons (Fsp3) is 0.538. The van der Waals surface area contributed by atoms with Crippen LogP contribution < -0.4 is 5.32 Å². The van der Waals surface area contributed by atoms with Crippen LogP contribution in [0.2, 0.25) is 5.02 Å². The van der Waals surface area contributed by atoms with Crippen LogP contribution in [0.25, 0.3) is 0 Å². The van der Waals surface area contributed by atoms with Gasteiger partial charge in [0.1, 0.15) is 5.82 Å². The number of nitrogens with one attached hydrogen (secondary N) is 1. The third-order valence-corrected chi connectivity index (χ3v) is 3.63. The zero-order valence-electron chi connectivity index (χ0n) is 11.6. The highest BCUT2D eigenvalue weighted by Gasteiger charge is 2.13. The van der Waals surface area contributed by atoms with Gasteiger partial charge >= 0.3 is 0 Å². The van der Waals surface area contributed by atoms with E-state index in [2.05, 4.69) is 29.2 Å². The van der Waals surface area contributed by atoms with Crippen molar-refractivity contribution >= 4 is 11.6 Å². The molecule has 2 aromatic heterocycles. The predicted octanol–water partition coefficient (Wildman–Crippen LogP) is 2.14. The standard InChI is InChI=1S/C13H20ClN5/c1-4-10-13(14)11(19(5-2)17-10)8-15-9-12-16-6-7-18(12)3/h6-7,15H,4-5,8-9H2,1-3H3. The van der Waals surface area contributed by atoms with Gasteiger partial charge < -0.3 is 9.88 Å². The Hall–Kier alpha value is -1.33. The zero-order valence-corrected chi connectivity index (χ0v) is 12.4. The highest BCUT2D eigenvalue weighted by atomic mass is 35.5.